The van der Waals surface area contributed by atoms with Gasteiger partial charge < -0.3 is 10.0 Å². The van der Waals surface area contributed by atoms with Gasteiger partial charge in [0.2, 0.25) is 5.82 Å². The molecule has 4 rings (SSSR count). The normalized spacial score (nSPS) is 24.5. The van der Waals surface area contributed by atoms with E-state index in [1.54, 1.807) is 0 Å². The lowest BCUT2D eigenvalue weighted by Crippen LogP contribution is -2.23. The molecule has 2 aromatic rings. The van der Waals surface area contributed by atoms with E-state index in [4.69, 9.17) is 0 Å². The molecule has 0 bridgehead atoms. The van der Waals surface area contributed by atoms with Crippen LogP contribution in [-0.4, -0.2) is 34.1 Å². The zero-order valence-electron chi connectivity index (χ0n) is 11.7. The van der Waals surface area contributed by atoms with Gasteiger partial charge in [-0.3, -0.25) is 0 Å². The van der Waals surface area contributed by atoms with Crippen LogP contribution in [-0.2, 0) is 0 Å². The average Bonchev–Trinajstić information content (AvgIpc) is 3.07. The minimum atomic E-state index is -1.07. The number of rotatable bonds is 2. The Morgan fingerprint density at radius 1 is 1.14 bits per heavy atom. The summed E-state index contributed by atoms with van der Waals surface area (Å²) in [5.74, 6) is 1.09. The lowest BCUT2D eigenvalue weighted by Gasteiger charge is -2.20. The lowest BCUT2D eigenvalue weighted by molar-refractivity contribution is 0.0684. The van der Waals surface area contributed by atoms with Crippen LogP contribution >= 0.6 is 0 Å². The van der Waals surface area contributed by atoms with Gasteiger partial charge in [-0.15, -0.1) is 0 Å². The third-order valence-corrected chi connectivity index (χ3v) is 4.80. The lowest BCUT2D eigenvalue weighted by atomic mass is 10.0. The number of para-hydroxylation sites is 1. The van der Waals surface area contributed by atoms with Crippen molar-refractivity contribution in [3.63, 3.8) is 0 Å². The molecule has 2 unspecified atom stereocenters. The largest absolute Gasteiger partial charge is 0.475 e. The monoisotopic (exact) mass is 283 g/mol. The molecule has 0 amide bonds. The van der Waals surface area contributed by atoms with Crippen molar-refractivity contribution in [3.8, 4) is 0 Å². The van der Waals surface area contributed by atoms with Crippen LogP contribution in [0.25, 0.3) is 10.9 Å². The van der Waals surface area contributed by atoms with Crippen LogP contribution in [0.1, 0.15) is 29.9 Å². The summed E-state index contributed by atoms with van der Waals surface area (Å²) in [7, 11) is 0. The Bertz CT molecular complexity index is 704. The zero-order valence-corrected chi connectivity index (χ0v) is 11.7. The number of carbonyl (C=O) groups is 1. The van der Waals surface area contributed by atoms with Gasteiger partial charge in [0.05, 0.1) is 5.52 Å². The quantitative estimate of drug-likeness (QED) is 0.917. The molecule has 1 aliphatic carbocycles. The van der Waals surface area contributed by atoms with Gasteiger partial charge in [0, 0.05) is 18.5 Å². The number of benzene rings is 1. The van der Waals surface area contributed by atoms with Crippen molar-refractivity contribution >= 4 is 22.7 Å². The van der Waals surface area contributed by atoms with E-state index in [2.05, 4.69) is 14.9 Å². The number of anilines is 1. The minimum Gasteiger partial charge on any atom is -0.475 e. The molecular weight excluding hydrogens is 266 g/mol. The molecule has 21 heavy (non-hydrogen) atoms. The highest BCUT2D eigenvalue weighted by molar-refractivity contribution is 5.94. The standard InChI is InChI=1S/C16H17N3O2/c20-16(21)14-17-13-7-2-1-6-12(13)15(18-14)19-8-10-4-3-5-11(10)9-19/h1-2,6-7,10-11H,3-5,8-9H2,(H,20,21). The predicted octanol–water partition coefficient (Wildman–Crippen LogP) is 2.56. The molecule has 5 nitrogen and oxygen atoms in total. The van der Waals surface area contributed by atoms with Gasteiger partial charge in [0.1, 0.15) is 5.82 Å². The fraction of sp³-hybridized carbons (Fsp3) is 0.438. The fourth-order valence-electron chi connectivity index (χ4n) is 3.80. The molecule has 5 heteroatoms. The first-order valence-corrected chi connectivity index (χ1v) is 7.47. The van der Waals surface area contributed by atoms with Crippen molar-refractivity contribution in [1.82, 2.24) is 9.97 Å². The van der Waals surface area contributed by atoms with Gasteiger partial charge in [0.15, 0.2) is 0 Å². The highest BCUT2D eigenvalue weighted by atomic mass is 16.4. The van der Waals surface area contributed by atoms with E-state index in [1.165, 1.54) is 19.3 Å². The minimum absolute atomic E-state index is 0.110. The highest BCUT2D eigenvalue weighted by Crippen LogP contribution is 2.40. The molecule has 2 aliphatic rings. The van der Waals surface area contributed by atoms with Crippen LogP contribution in [0.4, 0.5) is 5.82 Å². The molecule has 0 spiro atoms. The van der Waals surface area contributed by atoms with Gasteiger partial charge in [-0.1, -0.05) is 18.6 Å². The first-order chi connectivity index (χ1) is 10.2. The van der Waals surface area contributed by atoms with Crippen molar-refractivity contribution in [2.75, 3.05) is 18.0 Å². The summed E-state index contributed by atoms with van der Waals surface area (Å²) in [4.78, 5) is 22.0. The Balaban J connectivity index is 1.81. The first kappa shape index (κ1) is 12.6. The maximum atomic E-state index is 11.3. The Morgan fingerprint density at radius 2 is 1.86 bits per heavy atom. The Kier molecular flexibility index (Phi) is 2.80. The van der Waals surface area contributed by atoms with E-state index in [0.717, 1.165) is 36.1 Å². The molecule has 2 atom stereocenters. The van der Waals surface area contributed by atoms with Gasteiger partial charge in [0.25, 0.3) is 0 Å². The maximum absolute atomic E-state index is 11.3. The van der Waals surface area contributed by atoms with Crippen LogP contribution in [0.15, 0.2) is 24.3 Å². The summed E-state index contributed by atoms with van der Waals surface area (Å²) in [5, 5.41) is 10.2. The first-order valence-electron chi connectivity index (χ1n) is 7.47. The summed E-state index contributed by atoms with van der Waals surface area (Å²) < 4.78 is 0. The van der Waals surface area contributed by atoms with E-state index in [9.17, 15) is 9.90 Å². The summed E-state index contributed by atoms with van der Waals surface area (Å²) in [6.45, 7) is 1.98. The number of hydrogen-bond donors (Lipinski definition) is 1. The van der Waals surface area contributed by atoms with E-state index in [-0.39, 0.29) is 5.82 Å². The van der Waals surface area contributed by atoms with Crippen molar-refractivity contribution in [2.45, 2.75) is 19.3 Å². The molecular formula is C16H17N3O2. The van der Waals surface area contributed by atoms with Crippen LogP contribution in [0.3, 0.4) is 0 Å². The number of nitrogens with zero attached hydrogens (tertiary/aromatic N) is 3. The second kappa shape index (κ2) is 4.69. The van der Waals surface area contributed by atoms with E-state index < -0.39 is 5.97 Å². The van der Waals surface area contributed by atoms with Crippen LogP contribution in [0, 0.1) is 11.8 Å². The Hall–Kier alpha value is -2.17. The predicted molar refractivity (Wildman–Crippen MR) is 79.5 cm³/mol. The molecule has 1 aromatic heterocycles. The molecule has 108 valence electrons. The smallest absolute Gasteiger partial charge is 0.374 e. The molecule has 0 radical (unpaired) electrons. The third kappa shape index (κ3) is 2.04. The third-order valence-electron chi connectivity index (χ3n) is 4.80. The second-order valence-corrected chi connectivity index (χ2v) is 6.05. The molecule has 1 aromatic carbocycles. The number of aromatic nitrogens is 2. The average molecular weight is 283 g/mol. The van der Waals surface area contributed by atoms with Crippen LogP contribution in [0.5, 0.6) is 0 Å². The second-order valence-electron chi connectivity index (χ2n) is 6.05. The molecule has 1 N–H and O–H groups in total. The summed E-state index contributed by atoms with van der Waals surface area (Å²) in [5.41, 5.74) is 0.706. The van der Waals surface area contributed by atoms with E-state index in [0.29, 0.717) is 5.52 Å². The maximum Gasteiger partial charge on any atom is 0.374 e. The fourth-order valence-corrected chi connectivity index (χ4v) is 3.80. The molecule has 1 saturated heterocycles. The summed E-state index contributed by atoms with van der Waals surface area (Å²) in [6.07, 6.45) is 3.90. The van der Waals surface area contributed by atoms with E-state index >= 15 is 0 Å². The number of fused-ring (bicyclic) bond motifs is 2. The number of carboxylic acid groups (broad SMARTS) is 1. The van der Waals surface area contributed by atoms with Gasteiger partial charge in [-0.2, -0.15) is 0 Å². The zero-order chi connectivity index (χ0) is 14.4. The number of carboxylic acids is 1. The van der Waals surface area contributed by atoms with Crippen molar-refractivity contribution in [1.29, 1.82) is 0 Å². The van der Waals surface area contributed by atoms with Gasteiger partial charge in [-0.25, -0.2) is 14.8 Å². The SMILES string of the molecule is O=C(O)c1nc(N2CC3CCCC3C2)c2ccccc2n1. The van der Waals surface area contributed by atoms with Gasteiger partial charge in [-0.05, 0) is 36.8 Å². The highest BCUT2D eigenvalue weighted by Gasteiger charge is 2.37. The van der Waals surface area contributed by atoms with Crippen molar-refractivity contribution in [2.24, 2.45) is 11.8 Å². The van der Waals surface area contributed by atoms with Crippen LogP contribution in [0.2, 0.25) is 0 Å². The molecule has 1 saturated carbocycles. The van der Waals surface area contributed by atoms with Crippen molar-refractivity contribution < 1.29 is 9.90 Å². The van der Waals surface area contributed by atoms with Gasteiger partial charge >= 0.3 is 5.97 Å². The van der Waals surface area contributed by atoms with Crippen molar-refractivity contribution in [3.05, 3.63) is 30.1 Å². The Morgan fingerprint density at radius 3 is 2.57 bits per heavy atom. The topological polar surface area (TPSA) is 66.3 Å². The molecule has 2 heterocycles. The molecule has 1 aliphatic heterocycles. The molecule has 2 fully saturated rings. The summed E-state index contributed by atoms with van der Waals surface area (Å²) >= 11 is 0. The van der Waals surface area contributed by atoms with E-state index in [1.807, 2.05) is 24.3 Å². The number of aromatic carboxylic acids is 1. The van der Waals surface area contributed by atoms with Crippen LogP contribution < -0.4 is 4.90 Å². The Labute approximate surface area is 122 Å². The summed E-state index contributed by atoms with van der Waals surface area (Å²) in [6, 6.07) is 7.66. The number of hydrogen-bond acceptors (Lipinski definition) is 4.